The highest BCUT2D eigenvalue weighted by molar-refractivity contribution is 5.98. The summed E-state index contributed by atoms with van der Waals surface area (Å²) in [5, 5.41) is 46.4. The number of nitrogens with two attached hydrogens (primary N) is 3. The van der Waals surface area contributed by atoms with Gasteiger partial charge in [0.15, 0.2) is 17.5 Å². The number of allylic oxidation sites excluding steroid dienone is 2. The first-order chi connectivity index (χ1) is 41.8. The number of primary amides is 2. The van der Waals surface area contributed by atoms with Gasteiger partial charge in [-0.05, 0) is 86.6 Å². The van der Waals surface area contributed by atoms with E-state index in [1.807, 2.05) is 38.1 Å². The van der Waals surface area contributed by atoms with E-state index in [4.69, 9.17) is 17.2 Å². The predicted octanol–water partition coefficient (Wildman–Crippen LogP) is 2.71. The number of rotatable bonds is 36. The molecule has 1 aromatic heterocycles. The molecule has 2 aliphatic rings. The average Bonchev–Trinajstić information content (AvgIpc) is 2.28. The third-order valence-electron chi connectivity index (χ3n) is 16.6. The van der Waals surface area contributed by atoms with Gasteiger partial charge in [0.05, 0.1) is 30.2 Å². The van der Waals surface area contributed by atoms with Gasteiger partial charge in [-0.15, -0.1) is 0 Å². The molecule has 7 amide bonds. The van der Waals surface area contributed by atoms with Crippen LogP contribution in [0.3, 0.4) is 0 Å². The highest BCUT2D eigenvalue weighted by Crippen LogP contribution is 2.30. The first kappa shape index (κ1) is 70.8. The number of para-hydroxylation sites is 1. The summed E-state index contributed by atoms with van der Waals surface area (Å²) in [5.74, 6) is -8.77. The summed E-state index contributed by atoms with van der Waals surface area (Å²) < 4.78 is 0. The highest BCUT2D eigenvalue weighted by atomic mass is 16.3. The fraction of sp³-hybridized carbons (Fsp3) is 0.578. The number of carbonyl (C=O) groups is 10. The molecule has 24 heteroatoms. The number of nitrogens with zero attached hydrogens (tertiary/aromatic N) is 2. The van der Waals surface area contributed by atoms with Crippen molar-refractivity contribution in [1.29, 1.82) is 0 Å². The minimum absolute atomic E-state index is 0.0163. The standard InChI is InChI=1S/C64H93N11O13/c1-37(2)28-42(56(81)32-43(17-13-27-69-64(67)68-5)60(85)74-52(59(66)84)31-44-35-70-49-19-11-10-18-47(44)49)16-9-12-20-55(80)51(29-40-14-7-6-8-15-40)73-61(86)48(38(3)76)34-57(82)50(25-26-58(65)83)72-62(87)54-33-46(79)36-75(54)63(88)53(71-39(4)77)30-41-21-23-45(78)24-22-41/h9-11,16,18-19,21-24,35,37-38,40,42-43,46,48,50-54,70,76,78-79H,6-8,12-15,17,20,25-34,36H2,1-5H3,(H2,65,83)(H2,66,84)(H,71,77)(H,72,87)(H,73,86)(H,74,85)(H3,67,68,69)/b16-9+/t38-,42+,43-,46-,48+,50+,51+,52+,53-,54+/m1/s1. The largest absolute Gasteiger partial charge is 0.508 e. The second kappa shape index (κ2) is 35.1. The number of fused-ring (bicyclic) bond motifs is 1. The molecule has 0 radical (unpaired) electrons. The van der Waals surface area contributed by atoms with E-state index in [0.29, 0.717) is 31.4 Å². The van der Waals surface area contributed by atoms with Crippen LogP contribution in [0.5, 0.6) is 5.75 Å². The number of phenolic OH excluding ortho intramolecular Hbond substituents is 1. The van der Waals surface area contributed by atoms with Crippen LogP contribution in [0.1, 0.15) is 142 Å². The molecule has 88 heavy (non-hydrogen) atoms. The lowest BCUT2D eigenvalue weighted by atomic mass is 9.83. The number of carbonyl (C=O) groups excluding carboxylic acids is 10. The van der Waals surface area contributed by atoms with E-state index in [2.05, 4.69) is 36.6 Å². The van der Waals surface area contributed by atoms with Gasteiger partial charge in [0.25, 0.3) is 0 Å². The monoisotopic (exact) mass is 1220 g/mol. The number of hydrogen-bond acceptors (Lipinski definition) is 14. The maximum absolute atomic E-state index is 14.3. The minimum atomic E-state index is -1.45. The number of aliphatic imine (C=N–C) groups is 1. The average molecular weight is 1220 g/mol. The van der Waals surface area contributed by atoms with E-state index < -0.39 is 114 Å². The zero-order chi connectivity index (χ0) is 64.6. The molecule has 10 atom stereocenters. The maximum atomic E-state index is 14.3. The van der Waals surface area contributed by atoms with E-state index in [9.17, 15) is 63.3 Å². The predicted molar refractivity (Wildman–Crippen MR) is 331 cm³/mol. The second-order valence-electron chi connectivity index (χ2n) is 24.1. The number of ketones is 3. The lowest BCUT2D eigenvalue weighted by Crippen LogP contribution is -2.56. The van der Waals surface area contributed by atoms with Crippen molar-refractivity contribution in [3.8, 4) is 5.75 Å². The summed E-state index contributed by atoms with van der Waals surface area (Å²) >= 11 is 0. The van der Waals surface area contributed by atoms with Crippen LogP contribution < -0.4 is 43.8 Å². The zero-order valence-electron chi connectivity index (χ0n) is 51.5. The molecule has 5 rings (SSSR count). The number of β-amino-alcohol motifs (C(OH)–C–C–N with tert-alkyl or cyclic N) is 1. The van der Waals surface area contributed by atoms with Gasteiger partial charge in [-0.3, -0.25) is 52.9 Å². The lowest BCUT2D eigenvalue weighted by molar-refractivity contribution is -0.142. The summed E-state index contributed by atoms with van der Waals surface area (Å²) in [7, 11) is 1.54. The van der Waals surface area contributed by atoms with Gasteiger partial charge in [0.1, 0.15) is 29.7 Å². The molecule has 482 valence electrons. The van der Waals surface area contributed by atoms with E-state index in [1.165, 1.54) is 33.0 Å². The Labute approximate surface area is 514 Å². The summed E-state index contributed by atoms with van der Waals surface area (Å²) in [6, 6.07) is 7.45. The number of nitrogens with one attached hydrogen (secondary N) is 6. The van der Waals surface area contributed by atoms with Crippen molar-refractivity contribution >= 4 is 75.6 Å². The van der Waals surface area contributed by atoms with Crippen molar-refractivity contribution in [2.75, 3.05) is 20.1 Å². The van der Waals surface area contributed by atoms with Crippen molar-refractivity contribution in [3.63, 3.8) is 0 Å². The number of aliphatic hydroxyl groups excluding tert-OH is 2. The Kier molecular flexibility index (Phi) is 28.2. The van der Waals surface area contributed by atoms with Gasteiger partial charge >= 0.3 is 0 Å². The van der Waals surface area contributed by atoms with Crippen LogP contribution in [-0.4, -0.2) is 152 Å². The Morgan fingerprint density at radius 1 is 0.784 bits per heavy atom. The molecule has 1 saturated heterocycles. The second-order valence-corrected chi connectivity index (χ2v) is 24.1. The van der Waals surface area contributed by atoms with Crippen LogP contribution in [0.2, 0.25) is 0 Å². The van der Waals surface area contributed by atoms with Crippen molar-refractivity contribution in [1.82, 2.24) is 36.5 Å². The Bertz CT molecular complexity index is 2940. The third-order valence-corrected chi connectivity index (χ3v) is 16.6. The van der Waals surface area contributed by atoms with Crippen LogP contribution in [0.15, 0.2) is 71.9 Å². The Morgan fingerprint density at radius 3 is 2.12 bits per heavy atom. The molecule has 15 N–H and O–H groups in total. The molecule has 0 bridgehead atoms. The quantitative estimate of drug-likeness (QED) is 0.0172. The van der Waals surface area contributed by atoms with Crippen LogP contribution in [0.25, 0.3) is 10.9 Å². The molecule has 2 aromatic carbocycles. The van der Waals surface area contributed by atoms with Crippen molar-refractivity contribution in [2.45, 2.75) is 186 Å². The van der Waals surface area contributed by atoms with Gasteiger partial charge in [0, 0.05) is 101 Å². The van der Waals surface area contributed by atoms with E-state index in [0.717, 1.165) is 53.5 Å². The number of aromatic amines is 1. The first-order valence-corrected chi connectivity index (χ1v) is 30.8. The number of likely N-dealkylation sites (tertiary alicyclic amines) is 1. The number of aliphatic hydroxyl groups is 2. The van der Waals surface area contributed by atoms with Crippen molar-refractivity contribution in [2.24, 2.45) is 51.8 Å². The summed E-state index contributed by atoms with van der Waals surface area (Å²) in [5.41, 5.74) is 19.4. The smallest absolute Gasteiger partial charge is 0.246 e. The SMILES string of the molecule is CN=C(N)NCCC[C@H](CC(=O)[C@@H](/C=C/CCC(=O)[C@H](CC1CCCCC1)NC(=O)[C@@H](CC(=O)[C@H](CCC(N)=O)NC(=O)[C@@H]1C[C@@H](O)CN1C(=O)[C@@H](Cc1ccc(O)cc1)NC(C)=O)[C@@H](C)O)CC(C)C)C(=O)N[C@@H](Cc1c[nH]c2ccccc12)C(N)=O. The fourth-order valence-corrected chi connectivity index (χ4v) is 11.7. The molecule has 0 spiro atoms. The fourth-order valence-electron chi connectivity index (χ4n) is 11.7. The van der Waals surface area contributed by atoms with Gasteiger partial charge in [0.2, 0.25) is 41.4 Å². The Hall–Kier alpha value is -7.99. The molecule has 24 nitrogen and oxygen atoms in total. The van der Waals surface area contributed by atoms with Crippen LogP contribution in [0.4, 0.5) is 0 Å². The summed E-state index contributed by atoms with van der Waals surface area (Å²) in [6.07, 6.45) is 7.21. The zero-order valence-corrected chi connectivity index (χ0v) is 51.5. The summed E-state index contributed by atoms with van der Waals surface area (Å²) in [4.78, 5) is 145. The molecule has 1 saturated carbocycles. The molecular weight excluding hydrogens is 1130 g/mol. The van der Waals surface area contributed by atoms with Gasteiger partial charge in [-0.1, -0.05) is 88.4 Å². The molecule has 1 aliphatic carbocycles. The lowest BCUT2D eigenvalue weighted by Gasteiger charge is -2.30. The number of Topliss-reactive ketones (excluding diaryl/α,β-unsaturated/α-hetero) is 3. The Morgan fingerprint density at radius 2 is 1.48 bits per heavy atom. The highest BCUT2D eigenvalue weighted by Gasteiger charge is 2.43. The molecule has 0 unspecified atom stereocenters. The topological polar surface area (TPSA) is 401 Å². The van der Waals surface area contributed by atoms with E-state index >= 15 is 0 Å². The molecule has 2 fully saturated rings. The molecular formula is C64H93N11O13. The molecule has 3 aromatic rings. The number of phenols is 1. The van der Waals surface area contributed by atoms with Crippen LogP contribution >= 0.6 is 0 Å². The number of guanidine groups is 1. The number of aromatic hydroxyl groups is 1. The van der Waals surface area contributed by atoms with Gasteiger partial charge in [-0.25, -0.2) is 0 Å². The van der Waals surface area contributed by atoms with Gasteiger partial charge in [-0.2, -0.15) is 0 Å². The van der Waals surface area contributed by atoms with Crippen LogP contribution in [-0.2, 0) is 60.8 Å². The number of hydrogen-bond donors (Lipinski definition) is 12. The number of aromatic nitrogens is 1. The van der Waals surface area contributed by atoms with Crippen molar-refractivity contribution in [3.05, 3.63) is 78.0 Å². The van der Waals surface area contributed by atoms with Crippen LogP contribution in [0, 0.1) is 29.6 Å². The maximum Gasteiger partial charge on any atom is 0.246 e. The van der Waals surface area contributed by atoms with E-state index in [1.54, 1.807) is 30.5 Å². The number of H-pyrrole nitrogens is 1. The molecule has 1 aliphatic heterocycles. The summed E-state index contributed by atoms with van der Waals surface area (Å²) in [6.45, 7) is 6.55. The van der Waals surface area contributed by atoms with Crippen molar-refractivity contribution < 1.29 is 63.3 Å². The molecule has 2 heterocycles. The minimum Gasteiger partial charge on any atom is -0.508 e. The Balaban J connectivity index is 1.28. The first-order valence-electron chi connectivity index (χ1n) is 30.8. The third kappa shape index (κ3) is 22.6. The number of benzene rings is 2. The van der Waals surface area contributed by atoms with E-state index in [-0.39, 0.29) is 99.4 Å². The normalized spacial score (nSPS) is 18.3. The van der Waals surface area contributed by atoms with Gasteiger partial charge < -0.3 is 69.0 Å². The number of amides is 7.